The fraction of sp³-hybridized carbons (Fsp3) is 0.846. The molecule has 2 fully saturated rings. The van der Waals surface area contributed by atoms with Gasteiger partial charge in [0, 0.05) is 13.1 Å². The number of nitrogens with zero attached hydrogens (tertiary/aromatic N) is 1. The van der Waals surface area contributed by atoms with Crippen molar-refractivity contribution in [1.82, 2.24) is 4.90 Å². The molecule has 1 heterocycles. The summed E-state index contributed by atoms with van der Waals surface area (Å²) in [5.74, 6) is -1.05. The molecule has 17 heavy (non-hydrogen) atoms. The van der Waals surface area contributed by atoms with E-state index in [0.29, 0.717) is 5.92 Å². The van der Waals surface area contributed by atoms with Gasteiger partial charge in [-0.25, -0.2) is 0 Å². The van der Waals surface area contributed by atoms with Gasteiger partial charge in [0.1, 0.15) is 0 Å². The molecule has 0 aromatic rings. The van der Waals surface area contributed by atoms with Gasteiger partial charge in [-0.3, -0.25) is 9.59 Å². The van der Waals surface area contributed by atoms with E-state index in [1.807, 2.05) is 18.7 Å². The van der Waals surface area contributed by atoms with Crippen LogP contribution < -0.4 is 0 Å². The SMILES string of the molecule is C[C@@H]1CCCN(C(=O)[C@H]2[C@@H](C(=O)O)C2(C)C)C1. The number of amides is 1. The predicted molar refractivity (Wildman–Crippen MR) is 63.4 cm³/mol. The summed E-state index contributed by atoms with van der Waals surface area (Å²) in [5.41, 5.74) is -0.371. The number of carbonyl (C=O) groups is 2. The van der Waals surface area contributed by atoms with Crippen LogP contribution in [0.2, 0.25) is 0 Å². The second-order valence-electron chi connectivity index (χ2n) is 6.15. The molecular formula is C13H21NO3. The van der Waals surface area contributed by atoms with Gasteiger partial charge in [0.15, 0.2) is 0 Å². The van der Waals surface area contributed by atoms with E-state index in [1.165, 1.54) is 6.42 Å². The number of aliphatic carboxylic acids is 1. The third kappa shape index (κ3) is 2.05. The highest BCUT2D eigenvalue weighted by Crippen LogP contribution is 2.59. The average Bonchev–Trinajstić information content (AvgIpc) is 2.80. The zero-order valence-electron chi connectivity index (χ0n) is 10.8. The number of likely N-dealkylation sites (tertiary alicyclic amines) is 1. The molecule has 1 aliphatic carbocycles. The molecule has 1 aliphatic heterocycles. The number of carbonyl (C=O) groups excluding carboxylic acids is 1. The molecule has 2 rings (SSSR count). The summed E-state index contributed by atoms with van der Waals surface area (Å²) >= 11 is 0. The van der Waals surface area contributed by atoms with Gasteiger partial charge < -0.3 is 10.0 Å². The van der Waals surface area contributed by atoms with Gasteiger partial charge in [0.2, 0.25) is 5.91 Å². The molecule has 2 aliphatic rings. The summed E-state index contributed by atoms with van der Waals surface area (Å²) in [7, 11) is 0. The van der Waals surface area contributed by atoms with Crippen LogP contribution in [0.5, 0.6) is 0 Å². The largest absolute Gasteiger partial charge is 0.481 e. The first-order valence-corrected chi connectivity index (χ1v) is 6.37. The van der Waals surface area contributed by atoms with Crippen molar-refractivity contribution in [2.24, 2.45) is 23.2 Å². The summed E-state index contributed by atoms with van der Waals surface area (Å²) in [6.45, 7) is 7.48. The number of carboxylic acids is 1. The third-order valence-electron chi connectivity index (χ3n) is 4.33. The van der Waals surface area contributed by atoms with E-state index in [0.717, 1.165) is 19.5 Å². The summed E-state index contributed by atoms with van der Waals surface area (Å²) in [6, 6.07) is 0. The molecule has 0 aromatic carbocycles. The maximum atomic E-state index is 12.3. The first-order chi connectivity index (χ1) is 7.85. The van der Waals surface area contributed by atoms with Gasteiger partial charge in [-0.2, -0.15) is 0 Å². The normalized spacial score (nSPS) is 35.5. The minimum absolute atomic E-state index is 0.0500. The van der Waals surface area contributed by atoms with Gasteiger partial charge in [-0.05, 0) is 24.2 Å². The van der Waals surface area contributed by atoms with E-state index in [9.17, 15) is 9.59 Å². The van der Waals surface area contributed by atoms with Crippen LogP contribution in [0.4, 0.5) is 0 Å². The van der Waals surface area contributed by atoms with E-state index in [-0.39, 0.29) is 17.2 Å². The molecule has 96 valence electrons. The Kier molecular flexibility index (Phi) is 2.92. The van der Waals surface area contributed by atoms with Gasteiger partial charge >= 0.3 is 5.97 Å². The number of rotatable bonds is 2. The maximum absolute atomic E-state index is 12.3. The topological polar surface area (TPSA) is 57.6 Å². The van der Waals surface area contributed by atoms with Crippen LogP contribution in [-0.4, -0.2) is 35.0 Å². The fourth-order valence-electron chi connectivity index (χ4n) is 3.15. The molecule has 4 nitrogen and oxygen atoms in total. The van der Waals surface area contributed by atoms with Gasteiger partial charge in [-0.1, -0.05) is 20.8 Å². The van der Waals surface area contributed by atoms with Crippen molar-refractivity contribution in [3.63, 3.8) is 0 Å². The smallest absolute Gasteiger partial charge is 0.307 e. The van der Waals surface area contributed by atoms with Crippen molar-refractivity contribution in [3.05, 3.63) is 0 Å². The van der Waals surface area contributed by atoms with Crippen molar-refractivity contribution >= 4 is 11.9 Å². The van der Waals surface area contributed by atoms with Crippen LogP contribution in [0.15, 0.2) is 0 Å². The highest BCUT2D eigenvalue weighted by atomic mass is 16.4. The summed E-state index contributed by atoms with van der Waals surface area (Å²) < 4.78 is 0. The monoisotopic (exact) mass is 239 g/mol. The van der Waals surface area contributed by atoms with Crippen molar-refractivity contribution < 1.29 is 14.7 Å². The van der Waals surface area contributed by atoms with Crippen molar-refractivity contribution in [3.8, 4) is 0 Å². The third-order valence-corrected chi connectivity index (χ3v) is 4.33. The van der Waals surface area contributed by atoms with Gasteiger partial charge in [-0.15, -0.1) is 0 Å². The summed E-state index contributed by atoms with van der Waals surface area (Å²) in [6.07, 6.45) is 2.21. The molecule has 0 spiro atoms. The predicted octanol–water partition coefficient (Wildman–Crippen LogP) is 1.60. The Bertz CT molecular complexity index is 351. The van der Waals surface area contributed by atoms with E-state index >= 15 is 0 Å². The molecule has 0 radical (unpaired) electrons. The molecule has 4 heteroatoms. The molecule has 0 unspecified atom stereocenters. The second-order valence-corrected chi connectivity index (χ2v) is 6.15. The van der Waals surface area contributed by atoms with Crippen molar-refractivity contribution in [2.45, 2.75) is 33.6 Å². The Morgan fingerprint density at radius 3 is 2.41 bits per heavy atom. The highest BCUT2D eigenvalue weighted by Gasteiger charge is 2.66. The standard InChI is InChI=1S/C13H21NO3/c1-8-5-4-6-14(7-8)11(15)9-10(12(16)17)13(9,2)3/h8-10H,4-7H2,1-3H3,(H,16,17)/t8-,9-,10+/m1/s1. The van der Waals surface area contributed by atoms with E-state index in [4.69, 9.17) is 5.11 Å². The van der Waals surface area contributed by atoms with Crippen LogP contribution in [0, 0.1) is 23.2 Å². The quantitative estimate of drug-likeness (QED) is 0.796. The van der Waals surface area contributed by atoms with Crippen molar-refractivity contribution in [2.75, 3.05) is 13.1 Å². The van der Waals surface area contributed by atoms with Crippen LogP contribution in [0.1, 0.15) is 33.6 Å². The van der Waals surface area contributed by atoms with Crippen molar-refractivity contribution in [1.29, 1.82) is 0 Å². The Hall–Kier alpha value is -1.06. The van der Waals surface area contributed by atoms with Crippen LogP contribution in [0.3, 0.4) is 0 Å². The first-order valence-electron chi connectivity index (χ1n) is 6.37. The second kappa shape index (κ2) is 4.00. The van der Waals surface area contributed by atoms with E-state index < -0.39 is 11.9 Å². The zero-order chi connectivity index (χ0) is 12.8. The van der Waals surface area contributed by atoms with Crippen LogP contribution in [0.25, 0.3) is 0 Å². The Balaban J connectivity index is 2.04. The number of hydrogen-bond donors (Lipinski definition) is 1. The lowest BCUT2D eigenvalue weighted by Gasteiger charge is -2.31. The number of piperidine rings is 1. The van der Waals surface area contributed by atoms with Crippen LogP contribution in [-0.2, 0) is 9.59 Å². The molecular weight excluding hydrogens is 218 g/mol. The first kappa shape index (κ1) is 12.4. The molecule has 1 N–H and O–H groups in total. The number of hydrogen-bond acceptors (Lipinski definition) is 2. The molecule has 3 atom stereocenters. The minimum atomic E-state index is -0.835. The molecule has 1 saturated heterocycles. The summed E-state index contributed by atoms with van der Waals surface area (Å²) in [4.78, 5) is 25.2. The highest BCUT2D eigenvalue weighted by molar-refractivity contribution is 5.91. The van der Waals surface area contributed by atoms with E-state index in [1.54, 1.807) is 0 Å². The maximum Gasteiger partial charge on any atom is 0.307 e. The van der Waals surface area contributed by atoms with Gasteiger partial charge in [0.05, 0.1) is 11.8 Å². The minimum Gasteiger partial charge on any atom is -0.481 e. The lowest BCUT2D eigenvalue weighted by molar-refractivity contribution is -0.142. The van der Waals surface area contributed by atoms with Gasteiger partial charge in [0.25, 0.3) is 0 Å². The lowest BCUT2D eigenvalue weighted by atomic mass is 9.99. The molecule has 0 aromatic heterocycles. The molecule has 1 amide bonds. The Morgan fingerprint density at radius 2 is 1.94 bits per heavy atom. The molecule has 1 saturated carbocycles. The number of carboxylic acid groups (broad SMARTS) is 1. The average molecular weight is 239 g/mol. The Labute approximate surface area is 102 Å². The molecule has 0 bridgehead atoms. The summed E-state index contributed by atoms with van der Waals surface area (Å²) in [5, 5.41) is 9.09. The van der Waals surface area contributed by atoms with E-state index in [2.05, 4.69) is 6.92 Å². The van der Waals surface area contributed by atoms with Crippen LogP contribution >= 0.6 is 0 Å². The zero-order valence-corrected chi connectivity index (χ0v) is 10.8. The lowest BCUT2D eigenvalue weighted by Crippen LogP contribution is -2.40. The fourth-order valence-corrected chi connectivity index (χ4v) is 3.15. The Morgan fingerprint density at radius 1 is 1.29 bits per heavy atom.